The Morgan fingerprint density at radius 1 is 1.21 bits per heavy atom. The van der Waals surface area contributed by atoms with Gasteiger partial charge in [0.25, 0.3) is 0 Å². The van der Waals surface area contributed by atoms with Crippen LogP contribution in [-0.2, 0) is 0 Å². The van der Waals surface area contributed by atoms with E-state index in [1.807, 2.05) is 0 Å². The van der Waals surface area contributed by atoms with E-state index in [9.17, 15) is 0 Å². The van der Waals surface area contributed by atoms with Crippen molar-refractivity contribution in [3.05, 3.63) is 0 Å². The number of hydrogen-bond acceptors (Lipinski definition) is 1. The van der Waals surface area contributed by atoms with Gasteiger partial charge in [-0.15, -0.1) is 0 Å². The first kappa shape index (κ1) is 12.0. The first-order chi connectivity index (χ1) is 6.47. The summed E-state index contributed by atoms with van der Waals surface area (Å²) in [5.74, 6) is 0. The molecule has 0 radical (unpaired) electrons. The molecule has 1 rings (SSSR count). The van der Waals surface area contributed by atoms with Gasteiger partial charge in [0.2, 0.25) is 0 Å². The molecule has 0 saturated carbocycles. The average molecular weight is 197 g/mol. The molecule has 0 spiro atoms. The first-order valence-electron chi connectivity index (χ1n) is 6.22. The van der Waals surface area contributed by atoms with E-state index in [0.717, 1.165) is 0 Å². The summed E-state index contributed by atoms with van der Waals surface area (Å²) in [6.07, 6.45) is 8.17. The zero-order valence-corrected chi connectivity index (χ0v) is 10.4. The molecule has 84 valence electrons. The van der Waals surface area contributed by atoms with E-state index < -0.39 is 0 Å². The lowest BCUT2D eigenvalue weighted by atomic mass is 9.80. The van der Waals surface area contributed by atoms with Crippen molar-refractivity contribution in [1.82, 2.24) is 5.32 Å². The first-order valence-corrected chi connectivity index (χ1v) is 6.22. The van der Waals surface area contributed by atoms with Crippen molar-refractivity contribution >= 4 is 0 Å². The predicted molar refractivity (Wildman–Crippen MR) is 63.6 cm³/mol. The van der Waals surface area contributed by atoms with Gasteiger partial charge in [-0.05, 0) is 44.1 Å². The molecule has 1 N–H and O–H groups in total. The molecule has 0 aromatic rings. The molecule has 0 aromatic carbocycles. The predicted octanol–water partition coefficient (Wildman–Crippen LogP) is 3.74. The van der Waals surface area contributed by atoms with Gasteiger partial charge in [0.15, 0.2) is 0 Å². The molecule has 14 heavy (non-hydrogen) atoms. The van der Waals surface area contributed by atoms with Crippen LogP contribution in [0.2, 0.25) is 0 Å². The van der Waals surface area contributed by atoms with Gasteiger partial charge in [-0.3, -0.25) is 0 Å². The second-order valence-electron chi connectivity index (χ2n) is 6.12. The van der Waals surface area contributed by atoms with Crippen molar-refractivity contribution in [3.63, 3.8) is 0 Å². The molecule has 1 nitrogen and oxygen atoms in total. The highest BCUT2D eigenvalue weighted by atomic mass is 15.0. The van der Waals surface area contributed by atoms with Crippen molar-refractivity contribution in [1.29, 1.82) is 0 Å². The number of nitrogens with one attached hydrogen (secondary N) is 1. The lowest BCUT2D eigenvalue weighted by Crippen LogP contribution is -2.40. The molecule has 1 saturated heterocycles. The fourth-order valence-electron chi connectivity index (χ4n) is 2.51. The Hall–Kier alpha value is -0.0400. The lowest BCUT2D eigenvalue weighted by molar-refractivity contribution is 0.254. The highest BCUT2D eigenvalue weighted by Crippen LogP contribution is 2.33. The Kier molecular flexibility index (Phi) is 4.00. The van der Waals surface area contributed by atoms with Crippen LogP contribution < -0.4 is 5.32 Å². The van der Waals surface area contributed by atoms with Gasteiger partial charge in [-0.2, -0.15) is 0 Å². The fourth-order valence-corrected chi connectivity index (χ4v) is 2.51. The highest BCUT2D eigenvalue weighted by Gasteiger charge is 2.32. The smallest absolute Gasteiger partial charge is 0.0182 e. The normalized spacial score (nSPS) is 28.3. The van der Waals surface area contributed by atoms with E-state index >= 15 is 0 Å². The third-order valence-corrected chi connectivity index (χ3v) is 3.41. The Labute approximate surface area is 89.7 Å². The topological polar surface area (TPSA) is 12.0 Å². The van der Waals surface area contributed by atoms with Crippen LogP contribution in [0.15, 0.2) is 0 Å². The quantitative estimate of drug-likeness (QED) is 0.724. The van der Waals surface area contributed by atoms with Crippen LogP contribution in [0.3, 0.4) is 0 Å². The Bertz CT molecular complexity index is 161. The van der Waals surface area contributed by atoms with Crippen molar-refractivity contribution < 1.29 is 0 Å². The third-order valence-electron chi connectivity index (χ3n) is 3.41. The summed E-state index contributed by atoms with van der Waals surface area (Å²) in [7, 11) is 0. The zero-order valence-electron chi connectivity index (χ0n) is 10.4. The van der Waals surface area contributed by atoms with Crippen molar-refractivity contribution in [2.75, 3.05) is 6.54 Å². The Morgan fingerprint density at radius 2 is 1.93 bits per heavy atom. The van der Waals surface area contributed by atoms with Gasteiger partial charge in [0.1, 0.15) is 0 Å². The second-order valence-corrected chi connectivity index (χ2v) is 6.12. The molecule has 0 bridgehead atoms. The highest BCUT2D eigenvalue weighted by molar-refractivity contribution is 4.93. The molecular formula is C13H27N. The van der Waals surface area contributed by atoms with Crippen molar-refractivity contribution in [2.45, 2.75) is 71.8 Å². The van der Waals surface area contributed by atoms with Gasteiger partial charge >= 0.3 is 0 Å². The van der Waals surface area contributed by atoms with Crippen LogP contribution in [-0.4, -0.2) is 12.1 Å². The Balaban J connectivity index is 2.43. The lowest BCUT2D eigenvalue weighted by Gasteiger charge is -2.32. The van der Waals surface area contributed by atoms with Gasteiger partial charge in [-0.1, -0.05) is 34.1 Å². The van der Waals surface area contributed by atoms with E-state index in [-0.39, 0.29) is 0 Å². The van der Waals surface area contributed by atoms with Gasteiger partial charge < -0.3 is 5.32 Å². The van der Waals surface area contributed by atoms with Gasteiger partial charge in [-0.25, -0.2) is 0 Å². The minimum atomic E-state index is 0.491. The summed E-state index contributed by atoms with van der Waals surface area (Å²) < 4.78 is 0. The molecule has 1 aliphatic rings. The van der Waals surface area contributed by atoms with E-state index in [4.69, 9.17) is 0 Å². The minimum absolute atomic E-state index is 0.491. The maximum Gasteiger partial charge on any atom is 0.0182 e. The van der Waals surface area contributed by atoms with E-state index in [1.54, 1.807) is 0 Å². The molecule has 1 atom stereocenters. The second kappa shape index (κ2) is 4.65. The molecule has 0 amide bonds. The van der Waals surface area contributed by atoms with E-state index in [1.165, 1.54) is 45.1 Å². The van der Waals surface area contributed by atoms with Crippen LogP contribution in [0.1, 0.15) is 66.2 Å². The maximum atomic E-state index is 3.74. The van der Waals surface area contributed by atoms with Crippen molar-refractivity contribution in [2.24, 2.45) is 5.41 Å². The minimum Gasteiger partial charge on any atom is -0.311 e. The number of hydrogen-bond donors (Lipinski definition) is 1. The average Bonchev–Trinajstić information content (AvgIpc) is 2.50. The molecule has 1 unspecified atom stereocenters. The van der Waals surface area contributed by atoms with Crippen LogP contribution in [0.25, 0.3) is 0 Å². The van der Waals surface area contributed by atoms with Crippen LogP contribution >= 0.6 is 0 Å². The van der Waals surface area contributed by atoms with E-state index in [2.05, 4.69) is 33.0 Å². The summed E-state index contributed by atoms with van der Waals surface area (Å²) in [6, 6.07) is 0. The summed E-state index contributed by atoms with van der Waals surface area (Å²) in [5, 5.41) is 3.74. The molecule has 1 aliphatic heterocycles. The van der Waals surface area contributed by atoms with Crippen LogP contribution in [0.4, 0.5) is 0 Å². The van der Waals surface area contributed by atoms with E-state index in [0.29, 0.717) is 11.0 Å². The maximum absolute atomic E-state index is 3.74. The third kappa shape index (κ3) is 3.61. The van der Waals surface area contributed by atoms with Crippen molar-refractivity contribution in [3.8, 4) is 0 Å². The van der Waals surface area contributed by atoms with Crippen LogP contribution in [0, 0.1) is 5.41 Å². The molecule has 1 heteroatoms. The Morgan fingerprint density at radius 3 is 2.36 bits per heavy atom. The number of rotatable bonds is 4. The van der Waals surface area contributed by atoms with Gasteiger partial charge in [0, 0.05) is 5.54 Å². The molecule has 1 fully saturated rings. The molecule has 0 aromatic heterocycles. The zero-order chi connectivity index (χ0) is 10.7. The SMILES string of the molecule is CCCC1(CCC(C)(C)C)CCCN1. The van der Waals surface area contributed by atoms with Crippen LogP contribution in [0.5, 0.6) is 0 Å². The molecule has 0 aliphatic carbocycles. The standard InChI is InChI=1S/C13H27N/c1-5-7-13(8-6-11-14-13)10-9-12(2,3)4/h14H,5-11H2,1-4H3. The summed E-state index contributed by atoms with van der Waals surface area (Å²) in [4.78, 5) is 0. The van der Waals surface area contributed by atoms with Gasteiger partial charge in [0.05, 0.1) is 0 Å². The summed E-state index contributed by atoms with van der Waals surface area (Å²) in [5.41, 5.74) is 0.993. The summed E-state index contributed by atoms with van der Waals surface area (Å²) in [6.45, 7) is 10.6. The largest absolute Gasteiger partial charge is 0.311 e. The fraction of sp³-hybridized carbons (Fsp3) is 1.00. The monoisotopic (exact) mass is 197 g/mol. The molecular weight excluding hydrogens is 170 g/mol. The summed E-state index contributed by atoms with van der Waals surface area (Å²) >= 11 is 0. The molecule has 1 heterocycles.